The van der Waals surface area contributed by atoms with Crippen LogP contribution in [0.25, 0.3) is 0 Å². The maximum atomic E-state index is 10.6. The summed E-state index contributed by atoms with van der Waals surface area (Å²) in [7, 11) is -3.46. The van der Waals surface area contributed by atoms with Crippen LogP contribution >= 0.6 is 0 Å². The Hall–Kier alpha value is -0.170. The molecule has 1 saturated heterocycles. The molecule has 0 amide bonds. The van der Waals surface area contributed by atoms with Gasteiger partial charge in [-0.1, -0.05) is 0 Å². The Balaban J connectivity index is 2.49. The molecule has 72 valence electrons. The minimum Gasteiger partial charge on any atom is -0.348 e. The lowest BCUT2D eigenvalue weighted by molar-refractivity contribution is -0.135. The first-order valence-corrected chi connectivity index (χ1v) is 5.32. The summed E-state index contributed by atoms with van der Waals surface area (Å²) in [5, 5.41) is 4.84. The molecule has 6 heteroatoms. The molecule has 5 nitrogen and oxygen atoms in total. The summed E-state index contributed by atoms with van der Waals surface area (Å²) in [6.45, 7) is 3.75. The van der Waals surface area contributed by atoms with E-state index in [2.05, 4.69) is 0 Å². The lowest BCUT2D eigenvalue weighted by atomic mass is 10.4. The van der Waals surface area contributed by atoms with Crippen LogP contribution in [0.3, 0.4) is 0 Å². The molecule has 0 aromatic carbocycles. The van der Waals surface area contributed by atoms with E-state index < -0.39 is 21.9 Å². The van der Waals surface area contributed by atoms with Gasteiger partial charge in [0.15, 0.2) is 5.79 Å². The lowest BCUT2D eigenvalue weighted by Crippen LogP contribution is -2.30. The van der Waals surface area contributed by atoms with Gasteiger partial charge in [-0.25, -0.2) is 13.6 Å². The van der Waals surface area contributed by atoms with Crippen molar-refractivity contribution < 1.29 is 17.9 Å². The highest BCUT2D eigenvalue weighted by Gasteiger charge is 2.34. The molecule has 0 bridgehead atoms. The molecule has 0 saturated carbocycles. The molecule has 1 heterocycles. The summed E-state index contributed by atoms with van der Waals surface area (Å²) in [4.78, 5) is 0. The number of ether oxygens (including phenoxy) is 2. The maximum Gasteiger partial charge on any atom is 0.211 e. The topological polar surface area (TPSA) is 78.6 Å². The zero-order valence-electron chi connectivity index (χ0n) is 7.11. The minimum absolute atomic E-state index is 0.184. The third-order valence-electron chi connectivity index (χ3n) is 1.49. The van der Waals surface area contributed by atoms with Crippen molar-refractivity contribution in [3.63, 3.8) is 0 Å². The van der Waals surface area contributed by atoms with E-state index in [0.717, 1.165) is 0 Å². The molecule has 2 N–H and O–H groups in total. The molecule has 0 aromatic heterocycles. The van der Waals surface area contributed by atoms with Gasteiger partial charge in [-0.3, -0.25) is 0 Å². The zero-order valence-corrected chi connectivity index (χ0v) is 7.93. The quantitative estimate of drug-likeness (QED) is 0.639. The van der Waals surface area contributed by atoms with E-state index >= 15 is 0 Å². The van der Waals surface area contributed by atoms with Gasteiger partial charge in [0.25, 0.3) is 0 Å². The molecule has 0 aliphatic carbocycles. The minimum atomic E-state index is -3.46. The predicted molar refractivity (Wildman–Crippen MR) is 42.9 cm³/mol. The second kappa shape index (κ2) is 2.95. The van der Waals surface area contributed by atoms with Crippen molar-refractivity contribution in [2.45, 2.75) is 25.7 Å². The number of primary sulfonamides is 1. The third kappa shape index (κ3) is 3.06. The van der Waals surface area contributed by atoms with Crippen molar-refractivity contribution in [3.8, 4) is 0 Å². The SMILES string of the molecule is CC1(C)OCC(CS(N)(=O)=O)O1. The summed E-state index contributed by atoms with van der Waals surface area (Å²) < 4.78 is 31.7. The number of nitrogens with two attached hydrogens (primary N) is 1. The summed E-state index contributed by atoms with van der Waals surface area (Å²) >= 11 is 0. The third-order valence-corrected chi connectivity index (χ3v) is 2.32. The van der Waals surface area contributed by atoms with Gasteiger partial charge in [-0.15, -0.1) is 0 Å². The Morgan fingerprint density at radius 2 is 2.17 bits per heavy atom. The van der Waals surface area contributed by atoms with Crippen molar-refractivity contribution in [2.75, 3.05) is 12.4 Å². The van der Waals surface area contributed by atoms with E-state index in [9.17, 15) is 8.42 Å². The largest absolute Gasteiger partial charge is 0.348 e. The van der Waals surface area contributed by atoms with Crippen LogP contribution in [0.4, 0.5) is 0 Å². The van der Waals surface area contributed by atoms with Crippen LogP contribution in [0, 0.1) is 0 Å². The Morgan fingerprint density at radius 3 is 2.50 bits per heavy atom. The van der Waals surface area contributed by atoms with Crippen molar-refractivity contribution in [1.29, 1.82) is 0 Å². The molecule has 1 rings (SSSR count). The lowest BCUT2D eigenvalue weighted by Gasteiger charge is -2.16. The average Bonchev–Trinajstić information content (AvgIpc) is 2.05. The van der Waals surface area contributed by atoms with E-state index in [1.54, 1.807) is 13.8 Å². The Morgan fingerprint density at radius 1 is 1.58 bits per heavy atom. The molecule has 0 spiro atoms. The molecule has 1 aliphatic heterocycles. The summed E-state index contributed by atoms with van der Waals surface area (Å²) in [6, 6.07) is 0. The van der Waals surface area contributed by atoms with Crippen LogP contribution in [-0.2, 0) is 19.5 Å². The first kappa shape index (κ1) is 9.91. The second-order valence-corrected chi connectivity index (χ2v) is 4.94. The molecule has 1 aliphatic rings. The van der Waals surface area contributed by atoms with Gasteiger partial charge in [0.2, 0.25) is 10.0 Å². The monoisotopic (exact) mass is 195 g/mol. The highest BCUT2D eigenvalue weighted by molar-refractivity contribution is 7.89. The van der Waals surface area contributed by atoms with Gasteiger partial charge >= 0.3 is 0 Å². The van der Waals surface area contributed by atoms with E-state index in [1.807, 2.05) is 0 Å². The molecule has 1 atom stereocenters. The fourth-order valence-corrected chi connectivity index (χ4v) is 1.79. The standard InChI is InChI=1S/C6H13NO4S/c1-6(2)10-3-5(11-6)4-12(7,8)9/h5H,3-4H2,1-2H3,(H2,7,8,9). The number of hydrogen-bond acceptors (Lipinski definition) is 4. The van der Waals surface area contributed by atoms with Crippen molar-refractivity contribution in [3.05, 3.63) is 0 Å². The normalized spacial score (nSPS) is 29.1. The molecule has 1 fully saturated rings. The van der Waals surface area contributed by atoms with Crippen molar-refractivity contribution in [2.24, 2.45) is 5.14 Å². The summed E-state index contributed by atoms with van der Waals surface area (Å²) in [5.41, 5.74) is 0. The van der Waals surface area contributed by atoms with E-state index in [0.29, 0.717) is 0 Å². The summed E-state index contributed by atoms with van der Waals surface area (Å²) in [6.07, 6.45) is -0.435. The molecule has 0 aromatic rings. The van der Waals surface area contributed by atoms with Crippen molar-refractivity contribution >= 4 is 10.0 Å². The highest BCUT2D eigenvalue weighted by atomic mass is 32.2. The average molecular weight is 195 g/mol. The zero-order chi connectivity index (χ0) is 9.41. The predicted octanol–water partition coefficient (Wildman–Crippen LogP) is -0.574. The van der Waals surface area contributed by atoms with Crippen LogP contribution in [0.15, 0.2) is 0 Å². The smallest absolute Gasteiger partial charge is 0.211 e. The first-order chi connectivity index (χ1) is 5.29. The summed E-state index contributed by atoms with van der Waals surface area (Å²) in [5.74, 6) is -0.869. The fraction of sp³-hybridized carbons (Fsp3) is 1.00. The van der Waals surface area contributed by atoms with E-state index in [4.69, 9.17) is 14.6 Å². The molecule has 12 heavy (non-hydrogen) atoms. The van der Waals surface area contributed by atoms with E-state index in [1.165, 1.54) is 0 Å². The van der Waals surface area contributed by atoms with Gasteiger partial charge in [0.1, 0.15) is 0 Å². The van der Waals surface area contributed by atoms with Crippen LogP contribution in [0.5, 0.6) is 0 Å². The maximum absolute atomic E-state index is 10.6. The van der Waals surface area contributed by atoms with Crippen LogP contribution < -0.4 is 5.14 Å². The van der Waals surface area contributed by atoms with Gasteiger partial charge < -0.3 is 9.47 Å². The van der Waals surface area contributed by atoms with Crippen LogP contribution in [0.2, 0.25) is 0 Å². The highest BCUT2D eigenvalue weighted by Crippen LogP contribution is 2.22. The van der Waals surface area contributed by atoms with Gasteiger partial charge in [0.05, 0.1) is 18.5 Å². The Kier molecular flexibility index (Phi) is 2.44. The second-order valence-electron chi connectivity index (χ2n) is 3.28. The van der Waals surface area contributed by atoms with Crippen LogP contribution in [0.1, 0.15) is 13.8 Å². The van der Waals surface area contributed by atoms with Gasteiger partial charge in [0, 0.05) is 0 Å². The molecule has 0 radical (unpaired) electrons. The number of sulfonamides is 1. The van der Waals surface area contributed by atoms with Gasteiger partial charge in [-0.05, 0) is 13.8 Å². The molecular weight excluding hydrogens is 182 g/mol. The van der Waals surface area contributed by atoms with Gasteiger partial charge in [-0.2, -0.15) is 0 Å². The first-order valence-electron chi connectivity index (χ1n) is 3.61. The Bertz CT molecular complexity index is 259. The van der Waals surface area contributed by atoms with Crippen molar-refractivity contribution in [1.82, 2.24) is 0 Å². The molecular formula is C6H13NO4S. The fourth-order valence-electron chi connectivity index (χ4n) is 1.10. The Labute approximate surface area is 71.9 Å². The van der Waals surface area contributed by atoms with Crippen LogP contribution in [-0.4, -0.2) is 32.7 Å². The van der Waals surface area contributed by atoms with E-state index in [-0.39, 0.29) is 12.4 Å². The molecule has 1 unspecified atom stereocenters. The number of hydrogen-bond donors (Lipinski definition) is 1. The number of rotatable bonds is 2.